The number of carbonyl (C=O) groups excluding carboxylic acids is 2. The van der Waals surface area contributed by atoms with Gasteiger partial charge in [-0.1, -0.05) is 32.9 Å². The fourth-order valence-electron chi connectivity index (χ4n) is 2.56. The molecule has 1 aliphatic heterocycles. The lowest BCUT2D eigenvalue weighted by Crippen LogP contribution is -2.44. The number of hydrogen-bond acceptors (Lipinski definition) is 3. The molecule has 1 fully saturated rings. The highest BCUT2D eigenvalue weighted by atomic mass is 16.5. The first-order valence-corrected chi connectivity index (χ1v) is 8.07. The summed E-state index contributed by atoms with van der Waals surface area (Å²) in [5.74, 6) is -0.427. The molecule has 1 heterocycles. The zero-order valence-corrected chi connectivity index (χ0v) is 14.3. The Morgan fingerprint density at radius 2 is 1.87 bits per heavy atom. The Hall–Kier alpha value is -1.88. The van der Waals surface area contributed by atoms with Crippen molar-refractivity contribution in [2.75, 3.05) is 13.2 Å². The number of ether oxygens (including phenoxy) is 1. The molecule has 2 rings (SSSR count). The van der Waals surface area contributed by atoms with Crippen LogP contribution in [0.1, 0.15) is 50.0 Å². The molecule has 0 bridgehead atoms. The van der Waals surface area contributed by atoms with Crippen molar-refractivity contribution in [3.63, 3.8) is 0 Å². The van der Waals surface area contributed by atoms with Gasteiger partial charge in [-0.05, 0) is 36.5 Å². The van der Waals surface area contributed by atoms with E-state index in [0.29, 0.717) is 12.2 Å². The Morgan fingerprint density at radius 3 is 2.39 bits per heavy atom. The van der Waals surface area contributed by atoms with Crippen molar-refractivity contribution in [3.8, 4) is 0 Å². The highest BCUT2D eigenvalue weighted by Crippen LogP contribution is 2.22. The minimum atomic E-state index is -0.240. The van der Waals surface area contributed by atoms with Gasteiger partial charge in [-0.3, -0.25) is 9.59 Å². The number of amides is 2. The Kier molecular flexibility index (Phi) is 5.42. The van der Waals surface area contributed by atoms with Crippen LogP contribution in [0.2, 0.25) is 0 Å². The molecule has 23 heavy (non-hydrogen) atoms. The molecular weight excluding hydrogens is 292 g/mol. The molecule has 5 heteroatoms. The molecule has 0 aliphatic carbocycles. The van der Waals surface area contributed by atoms with Gasteiger partial charge in [0.25, 0.3) is 5.91 Å². The Labute approximate surface area is 137 Å². The fraction of sp³-hybridized carbons (Fsp3) is 0.556. The van der Waals surface area contributed by atoms with E-state index in [-0.39, 0.29) is 35.9 Å². The maximum atomic E-state index is 12.1. The van der Waals surface area contributed by atoms with Crippen LogP contribution in [0.5, 0.6) is 0 Å². The van der Waals surface area contributed by atoms with Gasteiger partial charge in [0.2, 0.25) is 5.91 Å². The van der Waals surface area contributed by atoms with E-state index in [9.17, 15) is 9.59 Å². The predicted molar refractivity (Wildman–Crippen MR) is 89.4 cm³/mol. The van der Waals surface area contributed by atoms with Crippen LogP contribution in [0.25, 0.3) is 0 Å². The highest BCUT2D eigenvalue weighted by Gasteiger charge is 2.25. The molecule has 2 N–H and O–H groups in total. The molecule has 2 unspecified atom stereocenters. The first-order valence-electron chi connectivity index (χ1n) is 8.07. The lowest BCUT2D eigenvalue weighted by Gasteiger charge is -2.19. The van der Waals surface area contributed by atoms with Gasteiger partial charge in [0.1, 0.15) is 0 Å². The van der Waals surface area contributed by atoms with Crippen LogP contribution in [0.3, 0.4) is 0 Å². The molecule has 5 nitrogen and oxygen atoms in total. The van der Waals surface area contributed by atoms with Gasteiger partial charge in [0, 0.05) is 12.2 Å². The first-order chi connectivity index (χ1) is 10.8. The molecule has 0 aromatic heterocycles. The average Bonchev–Trinajstić information content (AvgIpc) is 2.89. The maximum absolute atomic E-state index is 12.1. The molecule has 2 amide bonds. The van der Waals surface area contributed by atoms with E-state index >= 15 is 0 Å². The quantitative estimate of drug-likeness (QED) is 0.892. The SMILES string of the molecule is CC1OCCC1NC(=O)CNC(=O)c1ccc(C(C)(C)C)cc1. The zero-order valence-electron chi connectivity index (χ0n) is 14.3. The van der Waals surface area contributed by atoms with Crippen molar-refractivity contribution in [1.82, 2.24) is 10.6 Å². The summed E-state index contributed by atoms with van der Waals surface area (Å²) in [7, 11) is 0. The summed E-state index contributed by atoms with van der Waals surface area (Å²) < 4.78 is 5.40. The molecule has 1 aromatic rings. The van der Waals surface area contributed by atoms with Crippen LogP contribution in [0.4, 0.5) is 0 Å². The number of carbonyl (C=O) groups is 2. The van der Waals surface area contributed by atoms with Crippen molar-refractivity contribution >= 4 is 11.8 Å². The summed E-state index contributed by atoms with van der Waals surface area (Å²) in [4.78, 5) is 24.0. The highest BCUT2D eigenvalue weighted by molar-refractivity contribution is 5.96. The zero-order chi connectivity index (χ0) is 17.0. The molecule has 1 saturated heterocycles. The standard InChI is InChI=1S/C18H26N2O3/c1-12-15(9-10-23-12)20-16(21)11-19-17(22)13-5-7-14(8-6-13)18(2,3)4/h5-8,12,15H,9-11H2,1-4H3,(H,19,22)(H,20,21). The molecule has 1 aliphatic rings. The van der Waals surface area contributed by atoms with Crippen molar-refractivity contribution in [1.29, 1.82) is 0 Å². The van der Waals surface area contributed by atoms with Gasteiger partial charge < -0.3 is 15.4 Å². The normalized spacial score (nSPS) is 21.0. The third-order valence-electron chi connectivity index (χ3n) is 4.15. The van der Waals surface area contributed by atoms with Gasteiger partial charge in [-0.15, -0.1) is 0 Å². The molecular formula is C18H26N2O3. The van der Waals surface area contributed by atoms with Crippen LogP contribution < -0.4 is 10.6 Å². The summed E-state index contributed by atoms with van der Waals surface area (Å²) >= 11 is 0. The van der Waals surface area contributed by atoms with E-state index in [1.165, 1.54) is 5.56 Å². The predicted octanol–water partition coefficient (Wildman–Crippen LogP) is 2.01. The van der Waals surface area contributed by atoms with E-state index in [2.05, 4.69) is 31.4 Å². The van der Waals surface area contributed by atoms with E-state index < -0.39 is 0 Å². The van der Waals surface area contributed by atoms with Gasteiger partial charge in [0.15, 0.2) is 0 Å². The van der Waals surface area contributed by atoms with Gasteiger partial charge >= 0.3 is 0 Å². The summed E-state index contributed by atoms with van der Waals surface area (Å²) in [6.07, 6.45) is 0.842. The van der Waals surface area contributed by atoms with E-state index in [1.54, 1.807) is 12.1 Å². The van der Waals surface area contributed by atoms with Crippen LogP contribution in [0.15, 0.2) is 24.3 Å². The van der Waals surface area contributed by atoms with E-state index in [1.807, 2.05) is 19.1 Å². The van der Waals surface area contributed by atoms with Crippen LogP contribution in [0, 0.1) is 0 Å². The first kappa shape index (κ1) is 17.5. The van der Waals surface area contributed by atoms with Gasteiger partial charge in [-0.25, -0.2) is 0 Å². The van der Waals surface area contributed by atoms with Gasteiger partial charge in [-0.2, -0.15) is 0 Å². The van der Waals surface area contributed by atoms with E-state index in [0.717, 1.165) is 6.42 Å². The fourth-order valence-corrected chi connectivity index (χ4v) is 2.56. The molecule has 0 spiro atoms. The van der Waals surface area contributed by atoms with Crippen LogP contribution in [-0.2, 0) is 14.9 Å². The van der Waals surface area contributed by atoms with Gasteiger partial charge in [0.05, 0.1) is 18.7 Å². The number of hydrogen-bond donors (Lipinski definition) is 2. The second kappa shape index (κ2) is 7.13. The third-order valence-corrected chi connectivity index (χ3v) is 4.15. The largest absolute Gasteiger partial charge is 0.376 e. The molecule has 1 aromatic carbocycles. The summed E-state index contributed by atoms with van der Waals surface area (Å²) in [6.45, 7) is 8.95. The topological polar surface area (TPSA) is 67.4 Å². The second-order valence-corrected chi connectivity index (χ2v) is 7.05. The third kappa shape index (κ3) is 4.79. The van der Waals surface area contributed by atoms with E-state index in [4.69, 9.17) is 4.74 Å². The van der Waals surface area contributed by atoms with Crippen LogP contribution in [-0.4, -0.2) is 37.1 Å². The van der Waals surface area contributed by atoms with Crippen molar-refractivity contribution in [2.45, 2.75) is 51.7 Å². The number of rotatable bonds is 4. The second-order valence-electron chi connectivity index (χ2n) is 7.05. The Balaban J connectivity index is 1.83. The monoisotopic (exact) mass is 318 g/mol. The summed E-state index contributed by atoms with van der Waals surface area (Å²) in [5, 5.41) is 5.54. The lowest BCUT2D eigenvalue weighted by molar-refractivity contribution is -0.121. The smallest absolute Gasteiger partial charge is 0.251 e. The molecule has 0 radical (unpaired) electrons. The Bertz CT molecular complexity index is 561. The summed E-state index contributed by atoms with van der Waals surface area (Å²) in [6, 6.07) is 7.52. The molecule has 2 atom stereocenters. The minimum absolute atomic E-state index is 0.0247. The van der Waals surface area contributed by atoms with Crippen molar-refractivity contribution < 1.29 is 14.3 Å². The average molecular weight is 318 g/mol. The lowest BCUT2D eigenvalue weighted by atomic mass is 9.87. The molecule has 126 valence electrons. The summed E-state index contributed by atoms with van der Waals surface area (Å²) in [5.41, 5.74) is 1.78. The Morgan fingerprint density at radius 1 is 1.22 bits per heavy atom. The van der Waals surface area contributed by atoms with Crippen LogP contribution >= 0.6 is 0 Å². The minimum Gasteiger partial charge on any atom is -0.376 e. The van der Waals surface area contributed by atoms with Crippen molar-refractivity contribution in [2.24, 2.45) is 0 Å². The number of benzene rings is 1. The van der Waals surface area contributed by atoms with Crippen molar-refractivity contribution in [3.05, 3.63) is 35.4 Å². The molecule has 0 saturated carbocycles. The maximum Gasteiger partial charge on any atom is 0.251 e. The number of nitrogens with one attached hydrogen (secondary N) is 2.